The van der Waals surface area contributed by atoms with Crippen LogP contribution in [0.2, 0.25) is 0 Å². The van der Waals surface area contributed by atoms with E-state index in [9.17, 15) is 15.3 Å². The first kappa shape index (κ1) is 17.4. The Labute approximate surface area is 129 Å². The molecule has 0 aromatic heterocycles. The van der Waals surface area contributed by atoms with Crippen molar-refractivity contribution in [2.24, 2.45) is 0 Å². The van der Waals surface area contributed by atoms with Crippen LogP contribution in [0, 0.1) is 0 Å². The van der Waals surface area contributed by atoms with E-state index in [1.807, 2.05) is 42.3 Å². The highest BCUT2D eigenvalue weighted by molar-refractivity contribution is 6.35. The number of benzene rings is 1. The first-order chi connectivity index (χ1) is 10.5. The molecule has 1 heterocycles. The van der Waals surface area contributed by atoms with Gasteiger partial charge in [-0.3, -0.25) is 4.90 Å². The molecule has 2 rings (SSSR count). The monoisotopic (exact) mass is 311 g/mol. The van der Waals surface area contributed by atoms with Crippen molar-refractivity contribution in [3.05, 3.63) is 35.9 Å². The van der Waals surface area contributed by atoms with Crippen LogP contribution in [0.15, 0.2) is 30.3 Å². The quantitative estimate of drug-likeness (QED) is 0.459. The molecule has 1 aromatic carbocycles. The molecule has 1 fully saturated rings. The fourth-order valence-electron chi connectivity index (χ4n) is 2.42. The van der Waals surface area contributed by atoms with E-state index in [0.29, 0.717) is 6.54 Å². The van der Waals surface area contributed by atoms with Gasteiger partial charge in [-0.25, -0.2) is 0 Å². The van der Waals surface area contributed by atoms with E-state index in [1.54, 1.807) is 0 Å². The van der Waals surface area contributed by atoms with E-state index in [0.717, 1.165) is 5.56 Å². The molecule has 1 aliphatic heterocycles. The fourth-order valence-corrected chi connectivity index (χ4v) is 2.42. The predicted molar refractivity (Wildman–Crippen MR) is 79.6 cm³/mol. The number of likely N-dealkylation sites (N-methyl/N-ethyl adjacent to an activating group) is 1. The maximum atomic E-state index is 10.1. The standard InChI is InChI=1S/C14H22BNO6/c1-16(7-10-5-3-2-4-6-10)8-11(17)13(18)14(19)12-9-21-15(20)22-12/h2-6,11-14,17-20H,7-9H2,1H3. The summed E-state index contributed by atoms with van der Waals surface area (Å²) in [7, 11) is 0.415. The Bertz CT molecular complexity index is 450. The molecule has 4 N–H and O–H groups in total. The van der Waals surface area contributed by atoms with Crippen LogP contribution in [0.5, 0.6) is 0 Å². The van der Waals surface area contributed by atoms with E-state index in [4.69, 9.17) is 14.3 Å². The van der Waals surface area contributed by atoms with Crippen LogP contribution in [0.1, 0.15) is 5.56 Å². The summed E-state index contributed by atoms with van der Waals surface area (Å²) in [5.41, 5.74) is 1.09. The summed E-state index contributed by atoms with van der Waals surface area (Å²) in [6.07, 6.45) is -4.74. The summed E-state index contributed by atoms with van der Waals surface area (Å²) < 4.78 is 9.64. The SMILES string of the molecule is CN(Cc1ccccc1)CC(O)C(O)C(O)C1COB(O)O1. The summed E-state index contributed by atoms with van der Waals surface area (Å²) in [6, 6.07) is 9.73. The molecule has 0 radical (unpaired) electrons. The lowest BCUT2D eigenvalue weighted by Gasteiger charge is -2.29. The summed E-state index contributed by atoms with van der Waals surface area (Å²) in [5.74, 6) is 0. The van der Waals surface area contributed by atoms with Gasteiger partial charge in [-0.05, 0) is 12.6 Å². The zero-order valence-electron chi connectivity index (χ0n) is 12.4. The largest absolute Gasteiger partial charge is 0.637 e. The number of rotatable bonds is 7. The fraction of sp³-hybridized carbons (Fsp3) is 0.571. The number of aliphatic hydroxyl groups excluding tert-OH is 3. The highest BCUT2D eigenvalue weighted by atomic mass is 16.7. The van der Waals surface area contributed by atoms with Gasteiger partial charge in [0.1, 0.15) is 12.2 Å². The number of hydrogen-bond acceptors (Lipinski definition) is 7. The molecule has 4 atom stereocenters. The lowest BCUT2D eigenvalue weighted by Crippen LogP contribution is -2.49. The second kappa shape index (κ2) is 8.03. The van der Waals surface area contributed by atoms with Gasteiger partial charge < -0.3 is 29.7 Å². The molecule has 0 bridgehead atoms. The Hall–Kier alpha value is -0.995. The van der Waals surface area contributed by atoms with Gasteiger partial charge in [0, 0.05) is 13.1 Å². The van der Waals surface area contributed by atoms with Crippen molar-refractivity contribution < 1.29 is 29.7 Å². The van der Waals surface area contributed by atoms with E-state index in [-0.39, 0.29) is 13.2 Å². The Morgan fingerprint density at radius 1 is 1.27 bits per heavy atom. The van der Waals surface area contributed by atoms with Crippen molar-refractivity contribution in [3.8, 4) is 0 Å². The van der Waals surface area contributed by atoms with Gasteiger partial charge in [-0.1, -0.05) is 30.3 Å². The summed E-state index contributed by atoms with van der Waals surface area (Å²) in [5, 5.41) is 39.1. The number of nitrogens with zero attached hydrogens (tertiary/aromatic N) is 1. The van der Waals surface area contributed by atoms with Gasteiger partial charge in [0.15, 0.2) is 0 Å². The van der Waals surface area contributed by atoms with Gasteiger partial charge >= 0.3 is 7.32 Å². The van der Waals surface area contributed by atoms with Gasteiger partial charge in [0.25, 0.3) is 0 Å². The minimum absolute atomic E-state index is 0.0357. The minimum Gasteiger partial charge on any atom is -0.402 e. The molecule has 4 unspecified atom stereocenters. The summed E-state index contributed by atoms with van der Waals surface area (Å²) in [6.45, 7) is 0.762. The van der Waals surface area contributed by atoms with E-state index in [1.165, 1.54) is 0 Å². The molecular formula is C14H22BNO6. The zero-order valence-corrected chi connectivity index (χ0v) is 12.4. The van der Waals surface area contributed by atoms with Crippen molar-refractivity contribution in [1.29, 1.82) is 0 Å². The molecular weight excluding hydrogens is 289 g/mol. The average molecular weight is 311 g/mol. The molecule has 0 aliphatic carbocycles. The molecule has 0 spiro atoms. The van der Waals surface area contributed by atoms with E-state index < -0.39 is 31.7 Å². The highest BCUT2D eigenvalue weighted by Crippen LogP contribution is 2.15. The van der Waals surface area contributed by atoms with Crippen LogP contribution in [-0.4, -0.2) is 77.2 Å². The molecule has 0 saturated carbocycles. The average Bonchev–Trinajstić information content (AvgIpc) is 2.93. The zero-order chi connectivity index (χ0) is 16.1. The van der Waals surface area contributed by atoms with Crippen molar-refractivity contribution in [2.45, 2.75) is 31.0 Å². The molecule has 1 saturated heterocycles. The summed E-state index contributed by atoms with van der Waals surface area (Å²) >= 11 is 0. The molecule has 7 nitrogen and oxygen atoms in total. The van der Waals surface area contributed by atoms with Crippen molar-refractivity contribution >= 4 is 7.32 Å². The Kier molecular flexibility index (Phi) is 6.33. The van der Waals surface area contributed by atoms with Crippen molar-refractivity contribution in [1.82, 2.24) is 4.90 Å². The predicted octanol–water partition coefficient (Wildman–Crippen LogP) is -1.41. The minimum atomic E-state index is -1.40. The van der Waals surface area contributed by atoms with Crippen LogP contribution < -0.4 is 0 Å². The van der Waals surface area contributed by atoms with Crippen molar-refractivity contribution in [3.63, 3.8) is 0 Å². The third-order valence-electron chi connectivity index (χ3n) is 3.61. The van der Waals surface area contributed by atoms with E-state index in [2.05, 4.69) is 0 Å². The Morgan fingerprint density at radius 2 is 1.95 bits per heavy atom. The molecule has 0 amide bonds. The van der Waals surface area contributed by atoms with Gasteiger partial charge in [0.05, 0.1) is 18.8 Å². The van der Waals surface area contributed by atoms with Crippen LogP contribution >= 0.6 is 0 Å². The first-order valence-corrected chi connectivity index (χ1v) is 7.19. The molecule has 1 aromatic rings. The number of aliphatic hydroxyl groups is 3. The van der Waals surface area contributed by atoms with Gasteiger partial charge in [0.2, 0.25) is 0 Å². The van der Waals surface area contributed by atoms with Crippen LogP contribution in [0.3, 0.4) is 0 Å². The Balaban J connectivity index is 1.81. The second-order valence-corrected chi connectivity index (χ2v) is 5.55. The maximum absolute atomic E-state index is 10.1. The topological polar surface area (TPSA) is 103 Å². The second-order valence-electron chi connectivity index (χ2n) is 5.55. The third-order valence-corrected chi connectivity index (χ3v) is 3.61. The maximum Gasteiger partial charge on any atom is 0.637 e. The van der Waals surface area contributed by atoms with Crippen LogP contribution in [0.4, 0.5) is 0 Å². The smallest absolute Gasteiger partial charge is 0.402 e. The normalized spacial score (nSPS) is 22.8. The Morgan fingerprint density at radius 3 is 2.55 bits per heavy atom. The lowest BCUT2D eigenvalue weighted by molar-refractivity contribution is -0.101. The molecule has 122 valence electrons. The van der Waals surface area contributed by atoms with Gasteiger partial charge in [-0.15, -0.1) is 0 Å². The third kappa shape index (κ3) is 4.75. The summed E-state index contributed by atoms with van der Waals surface area (Å²) in [4.78, 5) is 1.84. The van der Waals surface area contributed by atoms with Crippen LogP contribution in [-0.2, 0) is 15.9 Å². The van der Waals surface area contributed by atoms with Crippen molar-refractivity contribution in [2.75, 3.05) is 20.2 Å². The van der Waals surface area contributed by atoms with E-state index >= 15 is 0 Å². The lowest BCUT2D eigenvalue weighted by atomic mass is 10.0. The first-order valence-electron chi connectivity index (χ1n) is 7.19. The number of hydrogen-bond donors (Lipinski definition) is 4. The molecule has 1 aliphatic rings. The highest BCUT2D eigenvalue weighted by Gasteiger charge is 2.40. The molecule has 8 heteroatoms. The molecule has 22 heavy (non-hydrogen) atoms. The van der Waals surface area contributed by atoms with Crippen LogP contribution in [0.25, 0.3) is 0 Å². The van der Waals surface area contributed by atoms with Gasteiger partial charge in [-0.2, -0.15) is 0 Å².